The Morgan fingerprint density at radius 2 is 1.50 bits per heavy atom. The number of fused-ring (bicyclic) bond motifs is 1. The lowest BCUT2D eigenvalue weighted by Gasteiger charge is -2.29. The molecule has 54 heavy (non-hydrogen) atoms. The molecule has 0 saturated heterocycles. The molecule has 1 unspecified atom stereocenters. The second-order valence-corrected chi connectivity index (χ2v) is 14.3. The number of ether oxygens (including phenoxy) is 2. The van der Waals surface area contributed by atoms with Gasteiger partial charge < -0.3 is 26.0 Å². The van der Waals surface area contributed by atoms with Crippen LogP contribution in [0.25, 0.3) is 28.3 Å². The molecule has 292 valence electrons. The quantitative estimate of drug-likeness (QED) is 0.0859. The van der Waals surface area contributed by atoms with Gasteiger partial charge in [-0.15, -0.1) is 0 Å². The predicted molar refractivity (Wildman–Crippen MR) is 195 cm³/mol. The molecule has 5 aromatic heterocycles. The summed E-state index contributed by atoms with van der Waals surface area (Å²) in [5.74, 6) is 0.876. The van der Waals surface area contributed by atoms with Crippen LogP contribution in [-0.4, -0.2) is 65.6 Å². The van der Waals surface area contributed by atoms with Gasteiger partial charge in [-0.3, -0.25) is 9.97 Å². The highest BCUT2D eigenvalue weighted by Crippen LogP contribution is 2.33. The van der Waals surface area contributed by atoms with E-state index in [-0.39, 0.29) is 41.8 Å². The van der Waals surface area contributed by atoms with Crippen molar-refractivity contribution in [1.29, 1.82) is 0 Å². The zero-order chi connectivity index (χ0) is 39.6. The molecule has 16 heteroatoms. The summed E-state index contributed by atoms with van der Waals surface area (Å²) in [4.78, 5) is 16.2. The highest BCUT2D eigenvalue weighted by molar-refractivity contribution is 5.61. The predicted octanol–water partition coefficient (Wildman–Crippen LogP) is 7.54. The van der Waals surface area contributed by atoms with Gasteiger partial charge in [0.2, 0.25) is 0 Å². The molecule has 0 aromatic carbocycles. The van der Waals surface area contributed by atoms with Crippen LogP contribution in [0.5, 0.6) is 11.5 Å². The van der Waals surface area contributed by atoms with E-state index in [1.807, 2.05) is 20.8 Å². The summed E-state index contributed by atoms with van der Waals surface area (Å²) < 4.78 is 79.1. The van der Waals surface area contributed by atoms with Gasteiger partial charge in [-0.05, 0) is 68.0 Å². The van der Waals surface area contributed by atoms with Gasteiger partial charge in [-0.2, -0.15) is 5.10 Å². The van der Waals surface area contributed by atoms with Gasteiger partial charge in [0, 0.05) is 29.6 Å². The average Bonchev–Trinajstić information content (AvgIpc) is 3.62. The lowest BCUT2D eigenvalue weighted by atomic mass is 9.91. The minimum Gasteiger partial charge on any atom is -0.490 e. The topological polar surface area (TPSA) is 160 Å². The van der Waals surface area contributed by atoms with Crippen LogP contribution >= 0.6 is 0 Å². The molecule has 5 aromatic rings. The van der Waals surface area contributed by atoms with Crippen molar-refractivity contribution in [1.82, 2.24) is 29.5 Å². The van der Waals surface area contributed by atoms with Gasteiger partial charge in [0.05, 0.1) is 47.2 Å². The van der Waals surface area contributed by atoms with Gasteiger partial charge in [0.25, 0.3) is 12.9 Å². The molecular formula is C38H47F5N8O3. The molecule has 11 nitrogen and oxygen atoms in total. The van der Waals surface area contributed by atoms with E-state index in [0.29, 0.717) is 36.0 Å². The van der Waals surface area contributed by atoms with Crippen LogP contribution in [0.2, 0.25) is 0 Å². The maximum absolute atomic E-state index is 13.6. The van der Waals surface area contributed by atoms with E-state index in [1.54, 1.807) is 41.2 Å². The first kappa shape index (κ1) is 41.9. The first-order valence-electron chi connectivity index (χ1n) is 17.4. The Labute approximate surface area is 311 Å². The molecule has 2 atom stereocenters. The van der Waals surface area contributed by atoms with E-state index in [0.717, 1.165) is 30.4 Å². The van der Waals surface area contributed by atoms with Crippen LogP contribution in [0.4, 0.5) is 22.0 Å². The molecule has 0 spiro atoms. The van der Waals surface area contributed by atoms with Crippen LogP contribution in [0.3, 0.4) is 0 Å². The number of aromatic nitrogens is 6. The smallest absolute Gasteiger partial charge is 0.280 e. The number of hydrogen-bond donors (Lipinski definition) is 3. The monoisotopic (exact) mass is 758 g/mol. The van der Waals surface area contributed by atoms with Crippen molar-refractivity contribution >= 4 is 5.65 Å². The van der Waals surface area contributed by atoms with Crippen LogP contribution in [0.15, 0.2) is 67.3 Å². The number of aliphatic hydroxyl groups is 1. The van der Waals surface area contributed by atoms with E-state index in [9.17, 15) is 27.1 Å². The molecule has 5 N–H and O–H groups in total. The van der Waals surface area contributed by atoms with Crippen molar-refractivity contribution in [3.05, 3.63) is 84.2 Å². The Hall–Kier alpha value is -4.80. The molecule has 0 aliphatic carbocycles. The van der Waals surface area contributed by atoms with Gasteiger partial charge in [0.15, 0.2) is 5.65 Å². The van der Waals surface area contributed by atoms with Crippen LogP contribution in [0.1, 0.15) is 77.3 Å². The minimum absolute atomic E-state index is 0.0929. The molecule has 0 radical (unpaired) electrons. The highest BCUT2D eigenvalue weighted by atomic mass is 19.3. The fourth-order valence-corrected chi connectivity index (χ4v) is 5.96. The van der Waals surface area contributed by atoms with Gasteiger partial charge in [0.1, 0.15) is 42.8 Å². The Morgan fingerprint density at radius 3 is 2.15 bits per heavy atom. The van der Waals surface area contributed by atoms with Crippen molar-refractivity contribution in [2.75, 3.05) is 19.8 Å². The van der Waals surface area contributed by atoms with Gasteiger partial charge in [-0.1, -0.05) is 27.7 Å². The third-order valence-electron chi connectivity index (χ3n) is 8.12. The number of halogens is 5. The largest absolute Gasteiger partial charge is 0.490 e. The minimum atomic E-state index is -2.88. The van der Waals surface area contributed by atoms with Crippen molar-refractivity contribution in [3.8, 4) is 34.1 Å². The fourth-order valence-electron chi connectivity index (χ4n) is 5.96. The Morgan fingerprint density at radius 1 is 0.796 bits per heavy atom. The van der Waals surface area contributed by atoms with E-state index in [1.165, 1.54) is 12.3 Å². The van der Waals surface area contributed by atoms with Crippen molar-refractivity contribution in [2.24, 2.45) is 23.3 Å². The molecule has 0 aliphatic rings. The number of hydrogen-bond acceptors (Lipinski definition) is 10. The SMILES string of the molecule is CC(C)CC(N)(CO)COc1cnc(-c2ccnc(C(F)F)c2)cc1C(F)F.CC(C)C[C@](C)(N)COc1ccc(-c2ccnc3ccnn23)nc1CF. The maximum atomic E-state index is 13.6. The second kappa shape index (κ2) is 18.5. The fraction of sp³-hybridized carbons (Fsp3) is 0.447. The third kappa shape index (κ3) is 11.4. The maximum Gasteiger partial charge on any atom is 0.280 e. The molecule has 5 rings (SSSR count). The molecule has 0 amide bonds. The Balaban J connectivity index is 0.000000241. The van der Waals surface area contributed by atoms with Crippen LogP contribution < -0.4 is 20.9 Å². The normalized spacial score (nSPS) is 13.9. The molecular weight excluding hydrogens is 711 g/mol. The average molecular weight is 759 g/mol. The summed E-state index contributed by atoms with van der Waals surface area (Å²) in [6, 6.07) is 10.7. The summed E-state index contributed by atoms with van der Waals surface area (Å²) in [7, 11) is 0. The number of pyridine rings is 3. The molecule has 0 saturated carbocycles. The van der Waals surface area contributed by atoms with Crippen LogP contribution in [-0.2, 0) is 6.67 Å². The van der Waals surface area contributed by atoms with Crippen molar-refractivity contribution in [3.63, 3.8) is 0 Å². The number of aliphatic hydroxyl groups excluding tert-OH is 1. The Kier molecular flexibility index (Phi) is 14.4. The number of alkyl halides is 5. The van der Waals surface area contributed by atoms with Gasteiger partial charge in [-0.25, -0.2) is 36.4 Å². The number of nitrogens with zero attached hydrogens (tertiary/aromatic N) is 6. The van der Waals surface area contributed by atoms with Crippen molar-refractivity contribution < 1.29 is 36.5 Å². The summed E-state index contributed by atoms with van der Waals surface area (Å²) >= 11 is 0. The zero-order valence-corrected chi connectivity index (χ0v) is 30.9. The first-order chi connectivity index (χ1) is 25.5. The van der Waals surface area contributed by atoms with E-state index in [2.05, 4.69) is 38.9 Å². The molecule has 0 fully saturated rings. The van der Waals surface area contributed by atoms with Crippen LogP contribution in [0, 0.1) is 11.8 Å². The summed E-state index contributed by atoms with van der Waals surface area (Å²) in [5.41, 5.74) is 12.5. The summed E-state index contributed by atoms with van der Waals surface area (Å²) in [5, 5.41) is 13.8. The lowest BCUT2D eigenvalue weighted by molar-refractivity contribution is 0.107. The first-order valence-corrected chi connectivity index (χ1v) is 17.4. The van der Waals surface area contributed by atoms with Gasteiger partial charge >= 0.3 is 0 Å². The Bertz CT molecular complexity index is 1960. The molecule has 5 heterocycles. The van der Waals surface area contributed by atoms with E-state index < -0.39 is 41.9 Å². The van der Waals surface area contributed by atoms with Crippen molar-refractivity contribution in [2.45, 2.75) is 78.1 Å². The van der Waals surface area contributed by atoms with E-state index in [4.69, 9.17) is 20.9 Å². The standard InChI is InChI=1S/C19H23F4N3O2.C19H24FN5O/c1-11(2)7-19(24,9-27)10-28-16-8-26-14(6-13(16)17(20)21)12-3-4-25-15(5-12)18(22)23;1-13(2)10-19(3,21)12-26-17-5-4-14(24-15(17)11-20)16-6-8-22-18-7-9-23-25(16)18/h3-6,8,11,17-18,27H,7,9-10,24H2,1-2H3;4-9,13H,10-12,21H2,1-3H3/t;19-/m.0/s1. The highest BCUT2D eigenvalue weighted by Gasteiger charge is 2.28. The van der Waals surface area contributed by atoms with E-state index >= 15 is 0 Å². The zero-order valence-electron chi connectivity index (χ0n) is 30.9. The lowest BCUT2D eigenvalue weighted by Crippen LogP contribution is -2.50. The third-order valence-corrected chi connectivity index (χ3v) is 8.12. The summed E-state index contributed by atoms with van der Waals surface area (Å²) in [6.07, 6.45) is 1.21. The number of nitrogens with two attached hydrogens (primary N) is 2. The molecule has 0 aliphatic heterocycles. The number of rotatable bonds is 16. The molecule has 0 bridgehead atoms. The second-order valence-electron chi connectivity index (χ2n) is 14.3. The summed E-state index contributed by atoms with van der Waals surface area (Å²) in [6.45, 7) is 9.04.